The van der Waals surface area contributed by atoms with Crippen LogP contribution in [0.5, 0.6) is 0 Å². The van der Waals surface area contributed by atoms with E-state index in [2.05, 4.69) is 0 Å². The van der Waals surface area contributed by atoms with E-state index in [-0.39, 0.29) is 39.6 Å². The largest absolute Gasteiger partial charge is 0.462 e. The Bertz CT molecular complexity index is 569. The van der Waals surface area contributed by atoms with Gasteiger partial charge in [0.1, 0.15) is 0 Å². The van der Waals surface area contributed by atoms with E-state index in [0.717, 1.165) is 0 Å². The number of carbonyl (C=O) groups is 2. The minimum atomic E-state index is -4.42. The highest BCUT2D eigenvalue weighted by molar-refractivity contribution is 7.64. The molecule has 0 atom stereocenters. The number of hydrogen-bond donors (Lipinski definition) is 0. The average Bonchev–Trinajstić information content (AvgIpc) is 2.60. The summed E-state index contributed by atoms with van der Waals surface area (Å²) in [5, 5.41) is -1.69. The molecule has 164 valence electrons. The van der Waals surface area contributed by atoms with Crippen molar-refractivity contribution in [3.63, 3.8) is 0 Å². The van der Waals surface area contributed by atoms with E-state index in [0.29, 0.717) is 0 Å². The third kappa shape index (κ3) is 7.10. The van der Waals surface area contributed by atoms with Crippen LogP contribution in [0.15, 0.2) is 10.6 Å². The zero-order chi connectivity index (χ0) is 21.8. The van der Waals surface area contributed by atoms with Crippen LogP contribution in [-0.4, -0.2) is 51.6 Å². The Morgan fingerprint density at radius 2 is 0.786 bits per heavy atom. The summed E-state index contributed by atoms with van der Waals surface area (Å²) < 4.78 is 57.4. The third-order valence-electron chi connectivity index (χ3n) is 2.91. The Labute approximate surface area is 165 Å². The zero-order valence-electron chi connectivity index (χ0n) is 17.2. The van der Waals surface area contributed by atoms with Crippen LogP contribution in [0.2, 0.25) is 0 Å². The molecule has 0 rings (SSSR count). The lowest BCUT2D eigenvalue weighted by Crippen LogP contribution is -2.20. The molecule has 28 heavy (non-hydrogen) atoms. The van der Waals surface area contributed by atoms with E-state index in [1.54, 1.807) is 0 Å². The predicted molar refractivity (Wildman–Crippen MR) is 102 cm³/mol. The monoisotopic (exact) mass is 444 g/mol. The molecule has 0 aromatic heterocycles. The van der Waals surface area contributed by atoms with Gasteiger partial charge in [0.05, 0.1) is 39.6 Å². The first-order chi connectivity index (χ1) is 13.2. The third-order valence-corrected chi connectivity index (χ3v) is 7.38. The quantitative estimate of drug-likeness (QED) is 0.222. The SMILES string of the molecule is CCOC(=O)/C(=C(/C(=O)OCC)P(=O)(OCC)OCC)P(=O)(OCC)OCC. The van der Waals surface area contributed by atoms with Gasteiger partial charge in [-0.05, 0) is 41.5 Å². The van der Waals surface area contributed by atoms with Crippen molar-refractivity contribution in [3.8, 4) is 0 Å². The van der Waals surface area contributed by atoms with E-state index in [1.807, 2.05) is 0 Å². The van der Waals surface area contributed by atoms with Gasteiger partial charge in [0.15, 0.2) is 10.6 Å². The fourth-order valence-corrected chi connectivity index (χ4v) is 6.13. The average molecular weight is 444 g/mol. The van der Waals surface area contributed by atoms with Gasteiger partial charge in [-0.15, -0.1) is 0 Å². The van der Waals surface area contributed by atoms with Crippen LogP contribution in [0.4, 0.5) is 0 Å². The summed E-state index contributed by atoms with van der Waals surface area (Å²) in [6.45, 7) is 8.39. The maximum atomic E-state index is 13.4. The molecule has 0 heterocycles. The van der Waals surface area contributed by atoms with E-state index in [4.69, 9.17) is 27.6 Å². The predicted octanol–water partition coefficient (Wildman–Crippen LogP) is 3.86. The molecule has 0 unspecified atom stereocenters. The van der Waals surface area contributed by atoms with Gasteiger partial charge in [-0.25, -0.2) is 9.59 Å². The van der Waals surface area contributed by atoms with Crippen LogP contribution in [0.1, 0.15) is 41.5 Å². The molecular formula is C16H30O10P2. The standard InChI is InChI=1S/C16H30O10P2/c1-7-21-15(17)13(27(19,23-9-3)24-10-4)14(16(18)22-8-2)28(20,25-11-5)26-12-6/h7-12H2,1-6H3/b14-13+. The molecule has 0 saturated heterocycles. The second-order valence-corrected chi connectivity index (χ2v) is 8.72. The number of hydrogen-bond acceptors (Lipinski definition) is 10. The zero-order valence-corrected chi connectivity index (χ0v) is 19.0. The van der Waals surface area contributed by atoms with Gasteiger partial charge >= 0.3 is 27.1 Å². The van der Waals surface area contributed by atoms with Crippen LogP contribution >= 0.6 is 15.2 Å². The van der Waals surface area contributed by atoms with Gasteiger partial charge in [0, 0.05) is 0 Å². The van der Waals surface area contributed by atoms with Gasteiger partial charge < -0.3 is 27.6 Å². The highest BCUT2D eigenvalue weighted by Gasteiger charge is 2.49. The van der Waals surface area contributed by atoms with Crippen LogP contribution < -0.4 is 0 Å². The van der Waals surface area contributed by atoms with Crippen molar-refractivity contribution in [2.24, 2.45) is 0 Å². The Hall–Kier alpha value is -1.02. The van der Waals surface area contributed by atoms with E-state index < -0.39 is 37.8 Å². The molecule has 0 amide bonds. The van der Waals surface area contributed by atoms with Gasteiger partial charge in [0.25, 0.3) is 0 Å². The normalized spacial score (nSPS) is 13.1. The molecule has 0 aromatic carbocycles. The summed E-state index contributed by atoms with van der Waals surface area (Å²) in [5.41, 5.74) is 0. The second kappa shape index (κ2) is 13.2. The number of rotatable bonds is 14. The molecular weight excluding hydrogens is 414 g/mol. The van der Waals surface area contributed by atoms with Crippen LogP contribution in [-0.2, 0) is 46.3 Å². The maximum Gasteiger partial charge on any atom is 0.369 e. The van der Waals surface area contributed by atoms with Crippen LogP contribution in [0.25, 0.3) is 0 Å². The van der Waals surface area contributed by atoms with Gasteiger partial charge in [0.2, 0.25) is 0 Å². The Morgan fingerprint density at radius 3 is 0.964 bits per heavy atom. The van der Waals surface area contributed by atoms with Gasteiger partial charge in [-0.3, -0.25) is 9.13 Å². The lowest BCUT2D eigenvalue weighted by molar-refractivity contribution is -0.141. The van der Waals surface area contributed by atoms with Crippen molar-refractivity contribution in [2.75, 3.05) is 39.6 Å². The smallest absolute Gasteiger partial charge is 0.369 e. The molecule has 0 aromatic rings. The maximum absolute atomic E-state index is 13.4. The Kier molecular flexibility index (Phi) is 12.8. The lowest BCUT2D eigenvalue weighted by atomic mass is 10.5. The second-order valence-electron chi connectivity index (χ2n) is 4.80. The first kappa shape index (κ1) is 27.0. The number of carbonyl (C=O) groups excluding carboxylic acids is 2. The molecule has 0 aliphatic heterocycles. The Balaban J connectivity index is 7.13. The molecule has 0 aliphatic rings. The lowest BCUT2D eigenvalue weighted by Gasteiger charge is -2.25. The first-order valence-electron chi connectivity index (χ1n) is 9.08. The summed E-state index contributed by atoms with van der Waals surface area (Å²) in [6, 6.07) is 0. The fourth-order valence-electron chi connectivity index (χ4n) is 2.09. The van der Waals surface area contributed by atoms with E-state index in [1.165, 1.54) is 41.5 Å². The van der Waals surface area contributed by atoms with E-state index >= 15 is 0 Å². The van der Waals surface area contributed by atoms with E-state index in [9.17, 15) is 18.7 Å². The topological polar surface area (TPSA) is 124 Å². The van der Waals surface area contributed by atoms with Crippen molar-refractivity contribution in [1.82, 2.24) is 0 Å². The first-order valence-corrected chi connectivity index (χ1v) is 12.2. The van der Waals surface area contributed by atoms with Crippen molar-refractivity contribution in [2.45, 2.75) is 41.5 Å². The molecule has 10 nitrogen and oxygen atoms in total. The summed E-state index contributed by atoms with van der Waals surface area (Å²) >= 11 is 0. The molecule has 12 heteroatoms. The van der Waals surface area contributed by atoms with Gasteiger partial charge in [-0.1, -0.05) is 0 Å². The minimum Gasteiger partial charge on any atom is -0.462 e. The van der Waals surface area contributed by atoms with Crippen LogP contribution in [0, 0.1) is 0 Å². The molecule has 0 saturated carbocycles. The number of ether oxygens (including phenoxy) is 2. The van der Waals surface area contributed by atoms with Crippen LogP contribution in [0.3, 0.4) is 0 Å². The molecule has 0 spiro atoms. The summed E-state index contributed by atoms with van der Waals surface area (Å²) in [7, 11) is -8.84. The highest BCUT2D eigenvalue weighted by atomic mass is 31.2. The highest BCUT2D eigenvalue weighted by Crippen LogP contribution is 2.66. The molecule has 0 fully saturated rings. The van der Waals surface area contributed by atoms with Crippen molar-refractivity contribution in [1.29, 1.82) is 0 Å². The summed E-state index contributed by atoms with van der Waals surface area (Å²) in [5.74, 6) is -2.40. The minimum absolute atomic E-state index is 0.107. The molecule has 0 aliphatic carbocycles. The summed E-state index contributed by atoms with van der Waals surface area (Å²) in [4.78, 5) is 25.4. The number of esters is 2. The van der Waals surface area contributed by atoms with Crippen molar-refractivity contribution >= 4 is 27.1 Å². The molecule has 0 bridgehead atoms. The van der Waals surface area contributed by atoms with Crippen molar-refractivity contribution in [3.05, 3.63) is 10.6 Å². The molecule has 0 radical (unpaired) electrons. The Morgan fingerprint density at radius 1 is 0.536 bits per heavy atom. The molecule has 0 N–H and O–H groups in total. The van der Waals surface area contributed by atoms with Crippen molar-refractivity contribution < 1.29 is 46.3 Å². The summed E-state index contributed by atoms with van der Waals surface area (Å²) in [6.07, 6.45) is 0. The fraction of sp³-hybridized carbons (Fsp3) is 0.750. The van der Waals surface area contributed by atoms with Gasteiger partial charge in [-0.2, -0.15) is 0 Å².